The molecule has 0 aromatic carbocycles. The number of fused-ring (bicyclic) bond motifs is 1. The van der Waals surface area contributed by atoms with Crippen molar-refractivity contribution in [2.24, 2.45) is 23.7 Å². The summed E-state index contributed by atoms with van der Waals surface area (Å²) < 4.78 is 5.36. The fourth-order valence-corrected chi connectivity index (χ4v) is 5.09. The van der Waals surface area contributed by atoms with Gasteiger partial charge in [-0.05, 0) is 94.7 Å². The van der Waals surface area contributed by atoms with E-state index >= 15 is 0 Å². The van der Waals surface area contributed by atoms with Crippen molar-refractivity contribution in [2.75, 3.05) is 5.75 Å². The smallest absolute Gasteiger partial charge is 0.367 e. The molecule has 0 radical (unpaired) electrons. The summed E-state index contributed by atoms with van der Waals surface area (Å²) >= 11 is 1.35. The van der Waals surface area contributed by atoms with Crippen molar-refractivity contribution in [2.45, 2.75) is 78.2 Å². The lowest BCUT2D eigenvalue weighted by Crippen LogP contribution is -2.32. The lowest BCUT2D eigenvalue weighted by atomic mass is 9.63. The van der Waals surface area contributed by atoms with E-state index in [-0.39, 0.29) is 10.9 Å². The van der Waals surface area contributed by atoms with E-state index in [0.29, 0.717) is 0 Å². The molecule has 2 aliphatic carbocycles. The number of rotatable bonds is 5. The van der Waals surface area contributed by atoms with Crippen molar-refractivity contribution < 1.29 is 9.53 Å². The largest absolute Gasteiger partial charge is 0.452 e. The normalized spacial score (nSPS) is 30.8. The summed E-state index contributed by atoms with van der Waals surface area (Å²) in [6.45, 7) is 8.13. The van der Waals surface area contributed by atoms with Crippen LogP contribution in [0.4, 0.5) is 4.79 Å². The van der Waals surface area contributed by atoms with Crippen molar-refractivity contribution in [3.8, 4) is 0 Å². The summed E-state index contributed by atoms with van der Waals surface area (Å²) in [6, 6.07) is 0. The molecule has 132 valence electrons. The molecule has 2 nitrogen and oxygen atoms in total. The molecule has 0 amide bonds. The van der Waals surface area contributed by atoms with Gasteiger partial charge in [0.2, 0.25) is 0 Å². The van der Waals surface area contributed by atoms with Crippen LogP contribution >= 0.6 is 11.8 Å². The predicted molar refractivity (Wildman–Crippen MR) is 99.8 cm³/mol. The average Bonchev–Trinajstić information content (AvgIpc) is 2.49. The van der Waals surface area contributed by atoms with Gasteiger partial charge in [0.05, 0.1) is 0 Å². The number of carbonyl (C=O) groups excluding carboxylic acids is 1. The van der Waals surface area contributed by atoms with Crippen LogP contribution in [0.5, 0.6) is 0 Å². The van der Waals surface area contributed by atoms with Crippen LogP contribution in [0.3, 0.4) is 0 Å². The molecule has 1 saturated carbocycles. The van der Waals surface area contributed by atoms with Gasteiger partial charge in [-0.25, -0.2) is 4.79 Å². The molecule has 4 unspecified atom stereocenters. The zero-order valence-corrected chi connectivity index (χ0v) is 16.2. The van der Waals surface area contributed by atoms with E-state index in [1.165, 1.54) is 50.3 Å². The second-order valence-electron chi connectivity index (χ2n) is 8.32. The molecule has 0 aromatic rings. The van der Waals surface area contributed by atoms with E-state index in [2.05, 4.69) is 19.1 Å². The van der Waals surface area contributed by atoms with Crippen LogP contribution in [0, 0.1) is 23.7 Å². The molecule has 0 heterocycles. The number of thioether (sulfide) groups is 1. The number of carbonyl (C=O) groups is 1. The maximum atomic E-state index is 11.8. The molecule has 0 N–H and O–H groups in total. The van der Waals surface area contributed by atoms with Crippen molar-refractivity contribution in [1.29, 1.82) is 0 Å². The SMILES string of the molecule is CCC1CC2CC=CCC2CC1CCCSC(=O)OC(C)(C)C. The van der Waals surface area contributed by atoms with E-state index in [1.54, 1.807) is 0 Å². The highest BCUT2D eigenvalue weighted by atomic mass is 32.2. The fourth-order valence-electron chi connectivity index (χ4n) is 4.30. The minimum absolute atomic E-state index is 0.120. The Hall–Kier alpha value is -0.440. The summed E-state index contributed by atoms with van der Waals surface area (Å²) in [5.41, 5.74) is -0.371. The molecule has 3 heteroatoms. The summed E-state index contributed by atoms with van der Waals surface area (Å²) in [4.78, 5) is 11.8. The van der Waals surface area contributed by atoms with E-state index in [9.17, 15) is 4.79 Å². The van der Waals surface area contributed by atoms with Crippen molar-refractivity contribution in [1.82, 2.24) is 0 Å². The quantitative estimate of drug-likeness (QED) is 0.327. The molecular weight excluding hydrogens is 304 g/mol. The minimum atomic E-state index is -0.371. The van der Waals surface area contributed by atoms with Gasteiger partial charge in [0.1, 0.15) is 5.60 Å². The van der Waals surface area contributed by atoms with Gasteiger partial charge in [0.15, 0.2) is 0 Å². The Morgan fingerprint density at radius 3 is 2.30 bits per heavy atom. The maximum absolute atomic E-state index is 11.8. The first-order valence-corrected chi connectivity index (χ1v) is 10.4. The van der Waals surface area contributed by atoms with Crippen LogP contribution in [0.25, 0.3) is 0 Å². The van der Waals surface area contributed by atoms with Crippen LogP contribution in [0.1, 0.15) is 72.6 Å². The molecule has 4 atom stereocenters. The monoisotopic (exact) mass is 338 g/mol. The Balaban J connectivity index is 1.71. The number of ether oxygens (including phenoxy) is 1. The Labute approximate surface area is 146 Å². The first-order valence-electron chi connectivity index (χ1n) is 9.39. The Morgan fingerprint density at radius 2 is 1.74 bits per heavy atom. The third kappa shape index (κ3) is 6.17. The van der Waals surface area contributed by atoms with Crippen molar-refractivity contribution in [3.05, 3.63) is 12.2 Å². The van der Waals surface area contributed by atoms with Gasteiger partial charge in [0.25, 0.3) is 0 Å². The van der Waals surface area contributed by atoms with Gasteiger partial charge < -0.3 is 4.74 Å². The van der Waals surface area contributed by atoms with Crippen LogP contribution in [-0.4, -0.2) is 16.7 Å². The lowest BCUT2D eigenvalue weighted by molar-refractivity contribution is 0.0737. The molecule has 2 aliphatic rings. The van der Waals surface area contributed by atoms with Gasteiger partial charge >= 0.3 is 5.30 Å². The lowest BCUT2D eigenvalue weighted by Gasteiger charge is -2.42. The third-order valence-corrected chi connectivity index (χ3v) is 6.25. The van der Waals surface area contributed by atoms with Crippen LogP contribution in [0.2, 0.25) is 0 Å². The zero-order chi connectivity index (χ0) is 16.9. The number of hydrogen-bond donors (Lipinski definition) is 0. The summed E-state index contributed by atoms with van der Waals surface area (Å²) in [6.07, 6.45) is 14.0. The Bertz CT molecular complexity index is 410. The van der Waals surface area contributed by atoms with Gasteiger partial charge in [-0.15, -0.1) is 0 Å². The molecule has 0 saturated heterocycles. The first-order chi connectivity index (χ1) is 10.9. The number of hydrogen-bond acceptors (Lipinski definition) is 3. The molecule has 2 rings (SSSR count). The Kier molecular flexibility index (Phi) is 7.06. The molecule has 0 aromatic heterocycles. The zero-order valence-electron chi connectivity index (χ0n) is 15.3. The van der Waals surface area contributed by atoms with Crippen molar-refractivity contribution in [3.63, 3.8) is 0 Å². The van der Waals surface area contributed by atoms with Gasteiger partial charge in [-0.3, -0.25) is 0 Å². The van der Waals surface area contributed by atoms with E-state index in [0.717, 1.165) is 35.8 Å². The second kappa shape index (κ2) is 8.60. The topological polar surface area (TPSA) is 26.3 Å². The minimum Gasteiger partial charge on any atom is -0.452 e. The highest BCUT2D eigenvalue weighted by molar-refractivity contribution is 8.13. The third-order valence-electron chi connectivity index (χ3n) is 5.44. The van der Waals surface area contributed by atoms with Crippen LogP contribution in [0.15, 0.2) is 12.2 Å². The maximum Gasteiger partial charge on any atom is 0.367 e. The van der Waals surface area contributed by atoms with E-state index in [4.69, 9.17) is 4.74 Å². The van der Waals surface area contributed by atoms with Gasteiger partial charge in [-0.2, -0.15) is 0 Å². The second-order valence-corrected chi connectivity index (χ2v) is 9.35. The molecular formula is C20H34O2S. The van der Waals surface area contributed by atoms with E-state index in [1.807, 2.05) is 20.8 Å². The molecule has 1 fully saturated rings. The number of allylic oxidation sites excluding steroid dienone is 2. The van der Waals surface area contributed by atoms with Gasteiger partial charge in [-0.1, -0.05) is 25.5 Å². The first kappa shape index (κ1) is 18.9. The molecule has 0 aliphatic heterocycles. The van der Waals surface area contributed by atoms with Gasteiger partial charge in [0, 0.05) is 5.75 Å². The van der Waals surface area contributed by atoms with E-state index < -0.39 is 0 Å². The summed E-state index contributed by atoms with van der Waals surface area (Å²) in [5.74, 6) is 4.53. The van der Waals surface area contributed by atoms with Crippen LogP contribution in [-0.2, 0) is 4.74 Å². The highest BCUT2D eigenvalue weighted by Crippen LogP contribution is 2.46. The Morgan fingerprint density at radius 1 is 1.13 bits per heavy atom. The highest BCUT2D eigenvalue weighted by Gasteiger charge is 2.35. The summed E-state index contributed by atoms with van der Waals surface area (Å²) in [5, 5.41) is -0.120. The fraction of sp³-hybridized carbons (Fsp3) is 0.850. The summed E-state index contributed by atoms with van der Waals surface area (Å²) in [7, 11) is 0. The predicted octanol–water partition coefficient (Wildman–Crippen LogP) is 6.45. The van der Waals surface area contributed by atoms with Crippen LogP contribution < -0.4 is 0 Å². The molecule has 23 heavy (non-hydrogen) atoms. The standard InChI is InChI=1S/C20H34O2S/c1-5-15-13-17-9-6-7-10-18(17)14-16(15)11-8-12-23-19(21)22-20(2,3)4/h6-7,15-18H,5,8-14H2,1-4H3. The molecule has 0 spiro atoms. The molecule has 0 bridgehead atoms. The van der Waals surface area contributed by atoms with Crippen molar-refractivity contribution >= 4 is 17.1 Å². The average molecular weight is 339 g/mol.